The third-order valence-corrected chi connectivity index (χ3v) is 9.16. The number of halogens is 3. The van der Waals surface area contributed by atoms with Crippen molar-refractivity contribution in [2.45, 2.75) is 61.2 Å². The third kappa shape index (κ3) is 13.6. The summed E-state index contributed by atoms with van der Waals surface area (Å²) in [6, 6.07) is 9.26. The molecule has 45 heavy (non-hydrogen) atoms. The standard InChI is InChI=1S/C24H29F3N4O5S2.C5H10O2/c25-24(26,27)22-9-8-21(38(35,36)20-6-2-1-3-7-20)17-18(22)5-4-16-37(33,34)30-15-14-29-23(32)31-19-10-12-28-13-11-19;1-5(2,3)7-4-6/h1-9,17,19,28,30H,10-16H2,(H2,29,31,32);4H,1-3H3. The molecule has 0 bridgehead atoms. The van der Waals surface area contributed by atoms with Crippen LogP contribution in [0, 0.1) is 0 Å². The number of rotatable bonds is 11. The molecule has 1 aliphatic heterocycles. The van der Waals surface area contributed by atoms with Crippen LogP contribution in [0.1, 0.15) is 44.7 Å². The van der Waals surface area contributed by atoms with Crippen molar-refractivity contribution >= 4 is 38.4 Å². The van der Waals surface area contributed by atoms with E-state index in [9.17, 15) is 39.6 Å². The summed E-state index contributed by atoms with van der Waals surface area (Å²) in [7, 11) is -8.01. The van der Waals surface area contributed by atoms with Crippen molar-refractivity contribution in [2.24, 2.45) is 0 Å². The fourth-order valence-electron chi connectivity index (χ4n) is 3.93. The molecular weight excluding hydrogens is 637 g/mol. The lowest BCUT2D eigenvalue weighted by Gasteiger charge is -2.23. The second-order valence-corrected chi connectivity index (χ2v) is 14.7. The van der Waals surface area contributed by atoms with E-state index >= 15 is 0 Å². The zero-order chi connectivity index (χ0) is 33.7. The summed E-state index contributed by atoms with van der Waals surface area (Å²) < 4.78 is 97.6. The zero-order valence-electron chi connectivity index (χ0n) is 25.2. The molecule has 2 aromatic rings. The molecule has 0 unspecified atom stereocenters. The van der Waals surface area contributed by atoms with E-state index in [-0.39, 0.29) is 34.5 Å². The number of ether oxygens (including phenoxy) is 1. The van der Waals surface area contributed by atoms with Gasteiger partial charge in [0.2, 0.25) is 19.9 Å². The molecule has 1 saturated heterocycles. The fraction of sp³-hybridized carbons (Fsp3) is 0.448. The van der Waals surface area contributed by atoms with Gasteiger partial charge in [0.05, 0.1) is 21.1 Å². The van der Waals surface area contributed by atoms with E-state index in [1.807, 2.05) is 20.8 Å². The maximum Gasteiger partial charge on any atom is 0.416 e. The van der Waals surface area contributed by atoms with Gasteiger partial charge in [-0.25, -0.2) is 26.4 Å². The average molecular weight is 677 g/mol. The molecule has 1 heterocycles. The quantitative estimate of drug-likeness (QED) is 0.208. The van der Waals surface area contributed by atoms with Crippen LogP contribution in [0.5, 0.6) is 0 Å². The van der Waals surface area contributed by atoms with Crippen LogP contribution in [-0.2, 0) is 35.6 Å². The van der Waals surface area contributed by atoms with Gasteiger partial charge in [0.1, 0.15) is 5.60 Å². The summed E-state index contributed by atoms with van der Waals surface area (Å²) in [6.07, 6.45) is -1.26. The Labute approximate surface area is 262 Å². The van der Waals surface area contributed by atoms with Crippen molar-refractivity contribution in [1.82, 2.24) is 20.7 Å². The number of urea groups is 1. The number of piperidine rings is 1. The molecule has 16 heteroatoms. The lowest BCUT2D eigenvalue weighted by atomic mass is 10.1. The van der Waals surface area contributed by atoms with Crippen LogP contribution in [0.25, 0.3) is 6.08 Å². The highest BCUT2D eigenvalue weighted by Gasteiger charge is 2.33. The van der Waals surface area contributed by atoms with E-state index in [4.69, 9.17) is 0 Å². The molecule has 0 aromatic heterocycles. The molecule has 2 amide bonds. The number of benzene rings is 2. The molecule has 3 rings (SSSR count). The summed E-state index contributed by atoms with van der Waals surface area (Å²) in [4.78, 5) is 21.1. The molecule has 250 valence electrons. The first-order valence-corrected chi connectivity index (χ1v) is 17.1. The second kappa shape index (κ2) is 16.7. The predicted molar refractivity (Wildman–Crippen MR) is 163 cm³/mol. The van der Waals surface area contributed by atoms with E-state index in [0.29, 0.717) is 12.5 Å². The van der Waals surface area contributed by atoms with E-state index in [1.165, 1.54) is 24.3 Å². The third-order valence-electron chi connectivity index (χ3n) is 6.11. The Morgan fingerprint density at radius 2 is 1.62 bits per heavy atom. The van der Waals surface area contributed by atoms with Crippen LogP contribution in [0.15, 0.2) is 64.4 Å². The van der Waals surface area contributed by atoms with Crippen molar-refractivity contribution in [3.63, 3.8) is 0 Å². The van der Waals surface area contributed by atoms with Crippen LogP contribution in [0.2, 0.25) is 0 Å². The van der Waals surface area contributed by atoms with Gasteiger partial charge < -0.3 is 20.7 Å². The summed E-state index contributed by atoms with van der Waals surface area (Å²) in [6.45, 7) is 7.42. The first kappa shape index (κ1) is 37.7. The van der Waals surface area contributed by atoms with Gasteiger partial charge in [0, 0.05) is 19.1 Å². The molecule has 1 aliphatic rings. The molecule has 4 N–H and O–H groups in total. The lowest BCUT2D eigenvalue weighted by Crippen LogP contribution is -2.48. The molecule has 0 spiro atoms. The number of carbonyl (C=O) groups excluding carboxylic acids is 2. The number of carbonyl (C=O) groups is 2. The number of hydrogen-bond acceptors (Lipinski definition) is 8. The number of nitrogens with one attached hydrogen (secondary N) is 4. The molecule has 1 fully saturated rings. The zero-order valence-corrected chi connectivity index (χ0v) is 26.8. The summed E-state index contributed by atoms with van der Waals surface area (Å²) in [5, 5.41) is 8.52. The SMILES string of the molecule is CC(C)(C)OC=O.O=C(NCCNS(=O)(=O)CC=Cc1cc(S(=O)(=O)c2ccccc2)ccc1C(F)(F)F)NC1CCNCC1. The summed E-state index contributed by atoms with van der Waals surface area (Å²) in [5.41, 5.74) is -1.90. The normalized spacial score (nSPS) is 14.7. The second-order valence-electron chi connectivity index (χ2n) is 10.9. The first-order chi connectivity index (χ1) is 20.9. The van der Waals surface area contributed by atoms with E-state index in [0.717, 1.165) is 50.2 Å². The number of sulfone groups is 1. The Morgan fingerprint density at radius 3 is 2.18 bits per heavy atom. The smallest absolute Gasteiger partial charge is 0.416 e. The minimum atomic E-state index is -4.79. The minimum Gasteiger partial charge on any atom is -0.462 e. The van der Waals surface area contributed by atoms with Gasteiger partial charge >= 0.3 is 12.2 Å². The molecule has 2 aromatic carbocycles. The Kier molecular flexibility index (Phi) is 14.0. The van der Waals surface area contributed by atoms with Gasteiger partial charge in [-0.3, -0.25) is 4.79 Å². The highest BCUT2D eigenvalue weighted by Crippen LogP contribution is 2.34. The Balaban J connectivity index is 0.000000900. The van der Waals surface area contributed by atoms with Gasteiger partial charge in [-0.2, -0.15) is 13.2 Å². The average Bonchev–Trinajstić information content (AvgIpc) is 2.95. The molecule has 11 nitrogen and oxygen atoms in total. The largest absolute Gasteiger partial charge is 0.462 e. The highest BCUT2D eigenvalue weighted by molar-refractivity contribution is 7.91. The van der Waals surface area contributed by atoms with E-state index in [1.54, 1.807) is 6.07 Å². The van der Waals surface area contributed by atoms with Crippen LogP contribution in [-0.4, -0.2) is 72.9 Å². The Bertz CT molecular complexity index is 1500. The van der Waals surface area contributed by atoms with Crippen LogP contribution in [0.4, 0.5) is 18.0 Å². The van der Waals surface area contributed by atoms with Crippen molar-refractivity contribution in [1.29, 1.82) is 0 Å². The van der Waals surface area contributed by atoms with Crippen molar-refractivity contribution in [3.05, 3.63) is 65.7 Å². The Hall–Kier alpha value is -3.47. The maximum atomic E-state index is 13.5. The maximum absolute atomic E-state index is 13.5. The summed E-state index contributed by atoms with van der Waals surface area (Å²) in [5.74, 6) is -0.652. The van der Waals surface area contributed by atoms with E-state index < -0.39 is 48.9 Å². The highest BCUT2D eigenvalue weighted by atomic mass is 32.2. The number of hydrogen-bond donors (Lipinski definition) is 4. The number of alkyl halides is 3. The number of sulfonamides is 1. The molecule has 0 atom stereocenters. The van der Waals surface area contributed by atoms with Gasteiger partial charge in [-0.1, -0.05) is 30.4 Å². The fourth-order valence-corrected chi connectivity index (χ4v) is 6.13. The number of amides is 2. The van der Waals surface area contributed by atoms with Crippen LogP contribution < -0.4 is 20.7 Å². The van der Waals surface area contributed by atoms with Gasteiger partial charge in [0.15, 0.2) is 0 Å². The molecule has 0 saturated carbocycles. The van der Waals surface area contributed by atoms with Crippen molar-refractivity contribution in [2.75, 3.05) is 31.9 Å². The topological polar surface area (TPSA) is 160 Å². The predicted octanol–water partition coefficient (Wildman–Crippen LogP) is 3.48. The van der Waals surface area contributed by atoms with Gasteiger partial charge in [-0.15, -0.1) is 0 Å². The van der Waals surface area contributed by atoms with Gasteiger partial charge in [0.25, 0.3) is 6.47 Å². The lowest BCUT2D eigenvalue weighted by molar-refractivity contribution is -0.139. The van der Waals surface area contributed by atoms with Gasteiger partial charge in [-0.05, 0) is 82.6 Å². The minimum absolute atomic E-state index is 0.0113. The van der Waals surface area contributed by atoms with Crippen molar-refractivity contribution < 1.29 is 44.3 Å². The first-order valence-electron chi connectivity index (χ1n) is 14.0. The Morgan fingerprint density at radius 1 is 0.978 bits per heavy atom. The van der Waals surface area contributed by atoms with Crippen LogP contribution >= 0.6 is 0 Å². The van der Waals surface area contributed by atoms with Crippen molar-refractivity contribution in [3.8, 4) is 0 Å². The molecule has 0 radical (unpaired) electrons. The summed E-state index contributed by atoms with van der Waals surface area (Å²) >= 11 is 0. The van der Waals surface area contributed by atoms with Crippen LogP contribution in [0.3, 0.4) is 0 Å². The molecule has 0 aliphatic carbocycles. The van der Waals surface area contributed by atoms with E-state index in [2.05, 4.69) is 25.4 Å². The monoisotopic (exact) mass is 676 g/mol. The molecular formula is C29H39F3N4O7S2.